The van der Waals surface area contributed by atoms with Gasteiger partial charge in [-0.15, -0.1) is 6.42 Å². The van der Waals surface area contributed by atoms with E-state index in [0.717, 1.165) is 6.42 Å². The van der Waals surface area contributed by atoms with E-state index in [1.165, 1.54) is 12.5 Å². The molecular weight excluding hydrogens is 164 g/mol. The quantitative estimate of drug-likeness (QED) is 0.377. The van der Waals surface area contributed by atoms with Crippen LogP contribution in [0.5, 0.6) is 0 Å². The molecule has 2 nitrogen and oxygen atoms in total. The van der Waals surface area contributed by atoms with Gasteiger partial charge in [-0.1, -0.05) is 17.6 Å². The lowest BCUT2D eigenvalue weighted by Crippen LogP contribution is -2.13. The SMILES string of the molecule is C#CC(CCC=C(C)C)OC(C)=O. The second-order valence-electron chi connectivity index (χ2n) is 3.12. The lowest BCUT2D eigenvalue weighted by Gasteiger charge is -2.08. The molecule has 0 aromatic carbocycles. The van der Waals surface area contributed by atoms with Crippen molar-refractivity contribution >= 4 is 5.97 Å². The van der Waals surface area contributed by atoms with Crippen molar-refractivity contribution in [3.63, 3.8) is 0 Å². The first-order valence-corrected chi connectivity index (χ1v) is 4.33. The minimum atomic E-state index is -0.381. The van der Waals surface area contributed by atoms with Crippen LogP contribution < -0.4 is 0 Å². The van der Waals surface area contributed by atoms with Gasteiger partial charge in [-0.05, 0) is 26.7 Å². The van der Waals surface area contributed by atoms with Gasteiger partial charge in [0.05, 0.1) is 0 Å². The van der Waals surface area contributed by atoms with Crippen LogP contribution in [0.25, 0.3) is 0 Å². The number of esters is 1. The first-order chi connectivity index (χ1) is 6.06. The fourth-order valence-electron chi connectivity index (χ4n) is 0.900. The van der Waals surface area contributed by atoms with E-state index < -0.39 is 0 Å². The highest BCUT2D eigenvalue weighted by Gasteiger charge is 2.06. The van der Waals surface area contributed by atoms with Crippen LogP contribution in [-0.4, -0.2) is 12.1 Å². The zero-order valence-corrected chi connectivity index (χ0v) is 8.46. The van der Waals surface area contributed by atoms with Crippen LogP contribution in [0.15, 0.2) is 11.6 Å². The summed E-state index contributed by atoms with van der Waals surface area (Å²) in [6, 6.07) is 0. The predicted molar refractivity (Wildman–Crippen MR) is 53.1 cm³/mol. The minimum absolute atomic E-state index is 0.319. The summed E-state index contributed by atoms with van der Waals surface area (Å²) in [5, 5.41) is 0. The maximum absolute atomic E-state index is 10.6. The summed E-state index contributed by atoms with van der Waals surface area (Å²) in [4.78, 5) is 10.6. The number of hydrogen-bond donors (Lipinski definition) is 0. The van der Waals surface area contributed by atoms with E-state index in [9.17, 15) is 4.79 Å². The molecule has 72 valence electrons. The first-order valence-electron chi connectivity index (χ1n) is 4.33. The molecule has 0 saturated carbocycles. The van der Waals surface area contributed by atoms with Gasteiger partial charge in [0.15, 0.2) is 6.10 Å². The number of carbonyl (C=O) groups is 1. The fraction of sp³-hybridized carbons (Fsp3) is 0.545. The molecular formula is C11H16O2. The average molecular weight is 180 g/mol. The first kappa shape index (κ1) is 11.8. The number of carbonyl (C=O) groups excluding carboxylic acids is 1. The largest absolute Gasteiger partial charge is 0.449 e. The topological polar surface area (TPSA) is 26.3 Å². The lowest BCUT2D eigenvalue weighted by atomic mass is 10.1. The zero-order valence-electron chi connectivity index (χ0n) is 8.46. The van der Waals surface area contributed by atoms with Crippen LogP contribution in [0.4, 0.5) is 0 Å². The molecule has 1 unspecified atom stereocenters. The van der Waals surface area contributed by atoms with E-state index in [4.69, 9.17) is 11.2 Å². The maximum Gasteiger partial charge on any atom is 0.303 e. The summed E-state index contributed by atoms with van der Waals surface area (Å²) in [7, 11) is 0. The Kier molecular flexibility index (Phi) is 5.71. The van der Waals surface area contributed by atoms with Crippen molar-refractivity contribution in [2.24, 2.45) is 0 Å². The molecule has 0 amide bonds. The number of allylic oxidation sites excluding steroid dienone is 2. The number of hydrogen-bond acceptors (Lipinski definition) is 2. The molecule has 0 heterocycles. The third kappa shape index (κ3) is 7.14. The summed E-state index contributed by atoms with van der Waals surface area (Å²) >= 11 is 0. The fourth-order valence-corrected chi connectivity index (χ4v) is 0.900. The Morgan fingerprint density at radius 1 is 1.54 bits per heavy atom. The monoisotopic (exact) mass is 180 g/mol. The molecule has 0 bridgehead atoms. The van der Waals surface area contributed by atoms with Crippen molar-refractivity contribution in [1.29, 1.82) is 0 Å². The number of terminal acetylenes is 1. The van der Waals surface area contributed by atoms with Crippen LogP contribution in [0.3, 0.4) is 0 Å². The van der Waals surface area contributed by atoms with Gasteiger partial charge < -0.3 is 4.74 Å². The van der Waals surface area contributed by atoms with E-state index in [0.29, 0.717) is 6.42 Å². The molecule has 0 saturated heterocycles. The Balaban J connectivity index is 3.81. The second kappa shape index (κ2) is 6.30. The highest BCUT2D eigenvalue weighted by atomic mass is 16.5. The van der Waals surface area contributed by atoms with Gasteiger partial charge in [0.1, 0.15) is 0 Å². The van der Waals surface area contributed by atoms with Crippen LogP contribution in [0, 0.1) is 12.3 Å². The van der Waals surface area contributed by atoms with Crippen LogP contribution in [0.1, 0.15) is 33.6 Å². The van der Waals surface area contributed by atoms with Gasteiger partial charge in [0.25, 0.3) is 0 Å². The lowest BCUT2D eigenvalue weighted by molar-refractivity contribution is -0.143. The molecule has 0 aliphatic carbocycles. The average Bonchev–Trinajstić information content (AvgIpc) is 2.01. The smallest absolute Gasteiger partial charge is 0.303 e. The summed E-state index contributed by atoms with van der Waals surface area (Å²) in [6.45, 7) is 5.42. The van der Waals surface area contributed by atoms with Gasteiger partial charge in [-0.25, -0.2) is 0 Å². The second-order valence-corrected chi connectivity index (χ2v) is 3.12. The van der Waals surface area contributed by atoms with Crippen molar-refractivity contribution in [1.82, 2.24) is 0 Å². The number of rotatable bonds is 4. The van der Waals surface area contributed by atoms with Gasteiger partial charge in [0.2, 0.25) is 0 Å². The van der Waals surface area contributed by atoms with Crippen LogP contribution in [0.2, 0.25) is 0 Å². The van der Waals surface area contributed by atoms with E-state index in [2.05, 4.69) is 12.0 Å². The zero-order chi connectivity index (χ0) is 10.3. The Morgan fingerprint density at radius 3 is 2.54 bits per heavy atom. The molecule has 0 aromatic rings. The standard InChI is InChI=1S/C11H16O2/c1-5-11(13-10(4)12)8-6-7-9(2)3/h1,7,11H,6,8H2,2-4H3. The summed E-state index contributed by atoms with van der Waals surface area (Å²) < 4.78 is 4.88. The van der Waals surface area contributed by atoms with Crippen LogP contribution >= 0.6 is 0 Å². The van der Waals surface area contributed by atoms with Crippen molar-refractivity contribution < 1.29 is 9.53 Å². The third-order valence-electron chi connectivity index (χ3n) is 1.48. The predicted octanol–water partition coefficient (Wildman–Crippen LogP) is 2.30. The molecule has 0 aliphatic rings. The van der Waals surface area contributed by atoms with Crippen molar-refractivity contribution in [2.75, 3.05) is 0 Å². The van der Waals surface area contributed by atoms with Gasteiger partial charge in [0, 0.05) is 6.92 Å². The highest BCUT2D eigenvalue weighted by Crippen LogP contribution is 2.04. The van der Waals surface area contributed by atoms with Crippen LogP contribution in [-0.2, 0) is 9.53 Å². The van der Waals surface area contributed by atoms with E-state index in [-0.39, 0.29) is 12.1 Å². The molecule has 0 aliphatic heterocycles. The Labute approximate surface area is 80.0 Å². The number of ether oxygens (including phenoxy) is 1. The van der Waals surface area contributed by atoms with Gasteiger partial charge in [-0.3, -0.25) is 4.79 Å². The van der Waals surface area contributed by atoms with Gasteiger partial charge in [-0.2, -0.15) is 0 Å². The minimum Gasteiger partial charge on any atom is -0.449 e. The molecule has 0 rings (SSSR count). The molecule has 0 fully saturated rings. The van der Waals surface area contributed by atoms with Crippen molar-refractivity contribution in [3.8, 4) is 12.3 Å². The summed E-state index contributed by atoms with van der Waals surface area (Å²) in [5.41, 5.74) is 1.25. The Morgan fingerprint density at radius 2 is 2.15 bits per heavy atom. The molecule has 1 atom stereocenters. The molecule has 0 N–H and O–H groups in total. The van der Waals surface area contributed by atoms with Crippen molar-refractivity contribution in [3.05, 3.63) is 11.6 Å². The normalized spacial score (nSPS) is 11.2. The van der Waals surface area contributed by atoms with E-state index >= 15 is 0 Å². The van der Waals surface area contributed by atoms with Gasteiger partial charge >= 0.3 is 5.97 Å². The van der Waals surface area contributed by atoms with E-state index in [1.807, 2.05) is 13.8 Å². The summed E-state index contributed by atoms with van der Waals surface area (Å²) in [5.74, 6) is 2.12. The molecule has 0 spiro atoms. The molecule has 0 radical (unpaired) electrons. The molecule has 13 heavy (non-hydrogen) atoms. The highest BCUT2D eigenvalue weighted by molar-refractivity contribution is 5.66. The Hall–Kier alpha value is -1.23. The van der Waals surface area contributed by atoms with Crippen molar-refractivity contribution in [2.45, 2.75) is 39.7 Å². The molecule has 0 aromatic heterocycles. The van der Waals surface area contributed by atoms with E-state index in [1.54, 1.807) is 0 Å². The maximum atomic E-state index is 10.6. The molecule has 2 heteroatoms. The third-order valence-corrected chi connectivity index (χ3v) is 1.48. The Bertz CT molecular complexity index is 229. The summed E-state index contributed by atoms with van der Waals surface area (Å²) in [6.07, 6.45) is 8.43.